The van der Waals surface area contributed by atoms with E-state index < -0.39 is 16.0 Å². The van der Waals surface area contributed by atoms with Gasteiger partial charge in [-0.25, -0.2) is 13.2 Å². The molecule has 0 aliphatic rings. The molecule has 0 saturated heterocycles. The smallest absolute Gasteiger partial charge is 0.337 e. The standard InChI is InChI=1S/C21H15N3O5S2/c1-28-18-7-4-14(21(25)29-2)10-20(18)31(26,27)24-17-9-13(11-22)3-6-16(17)19-8-5-15(12-23)30-19/h3-10,24H,1-2H3. The summed E-state index contributed by atoms with van der Waals surface area (Å²) in [6.07, 6.45) is 0. The zero-order valence-electron chi connectivity index (χ0n) is 16.4. The van der Waals surface area contributed by atoms with E-state index >= 15 is 0 Å². The summed E-state index contributed by atoms with van der Waals surface area (Å²) >= 11 is 1.19. The van der Waals surface area contributed by atoms with Gasteiger partial charge in [-0.05, 0) is 42.5 Å². The summed E-state index contributed by atoms with van der Waals surface area (Å²) < 4.78 is 38.7. The number of nitrogens with zero attached hydrogens (tertiary/aromatic N) is 2. The van der Waals surface area contributed by atoms with Gasteiger partial charge >= 0.3 is 5.97 Å². The van der Waals surface area contributed by atoms with E-state index in [2.05, 4.69) is 9.46 Å². The van der Waals surface area contributed by atoms with Crippen molar-refractivity contribution in [3.63, 3.8) is 0 Å². The van der Waals surface area contributed by atoms with E-state index in [1.807, 2.05) is 12.1 Å². The number of sulfonamides is 1. The Hall–Kier alpha value is -3.86. The lowest BCUT2D eigenvalue weighted by Crippen LogP contribution is -2.16. The van der Waals surface area contributed by atoms with Crippen LogP contribution in [0, 0.1) is 22.7 Å². The molecule has 2 aromatic carbocycles. The van der Waals surface area contributed by atoms with Crippen LogP contribution in [0.2, 0.25) is 0 Å². The topological polar surface area (TPSA) is 129 Å². The van der Waals surface area contributed by atoms with Crippen LogP contribution in [0.1, 0.15) is 20.8 Å². The summed E-state index contributed by atoms with van der Waals surface area (Å²) in [6, 6.07) is 15.8. The van der Waals surface area contributed by atoms with Gasteiger partial charge in [0, 0.05) is 10.4 Å². The third-order valence-corrected chi connectivity index (χ3v) is 6.66. The van der Waals surface area contributed by atoms with E-state index in [-0.39, 0.29) is 27.5 Å². The summed E-state index contributed by atoms with van der Waals surface area (Å²) in [5.41, 5.74) is 0.925. The van der Waals surface area contributed by atoms with Crippen LogP contribution in [-0.4, -0.2) is 28.6 Å². The van der Waals surface area contributed by atoms with Gasteiger partial charge in [0.05, 0.1) is 37.1 Å². The van der Waals surface area contributed by atoms with E-state index in [4.69, 9.17) is 10.00 Å². The van der Waals surface area contributed by atoms with Crippen LogP contribution in [-0.2, 0) is 14.8 Å². The van der Waals surface area contributed by atoms with Gasteiger partial charge in [-0.1, -0.05) is 6.07 Å². The maximum absolute atomic E-state index is 13.2. The van der Waals surface area contributed by atoms with E-state index in [0.717, 1.165) is 6.07 Å². The number of carbonyl (C=O) groups excluding carboxylic acids is 1. The quantitative estimate of drug-likeness (QED) is 0.563. The molecule has 31 heavy (non-hydrogen) atoms. The highest BCUT2D eigenvalue weighted by Gasteiger charge is 2.24. The minimum Gasteiger partial charge on any atom is -0.495 e. The van der Waals surface area contributed by atoms with Gasteiger partial charge < -0.3 is 9.47 Å². The molecule has 3 aromatic rings. The van der Waals surface area contributed by atoms with Crippen molar-refractivity contribution in [3.05, 3.63) is 64.5 Å². The second-order valence-electron chi connectivity index (χ2n) is 6.11. The molecule has 1 N–H and O–H groups in total. The molecule has 1 aromatic heterocycles. The first-order chi connectivity index (χ1) is 14.8. The first kappa shape index (κ1) is 21.8. The van der Waals surface area contributed by atoms with Gasteiger partial charge in [-0.15, -0.1) is 11.3 Å². The number of thiophene rings is 1. The second-order valence-corrected chi connectivity index (χ2v) is 8.85. The molecule has 8 nitrogen and oxygen atoms in total. The van der Waals surface area contributed by atoms with Gasteiger partial charge in [-0.3, -0.25) is 4.72 Å². The van der Waals surface area contributed by atoms with Crippen LogP contribution in [0.15, 0.2) is 53.4 Å². The lowest BCUT2D eigenvalue weighted by atomic mass is 10.1. The summed E-state index contributed by atoms with van der Waals surface area (Å²) in [5, 5.41) is 18.3. The minimum absolute atomic E-state index is 0.0287. The molecule has 0 aliphatic carbocycles. The van der Waals surface area contributed by atoms with Crippen LogP contribution >= 0.6 is 11.3 Å². The van der Waals surface area contributed by atoms with Crippen LogP contribution in [0.25, 0.3) is 10.4 Å². The minimum atomic E-state index is -4.23. The van der Waals surface area contributed by atoms with Gasteiger partial charge in [0.2, 0.25) is 0 Å². The zero-order valence-corrected chi connectivity index (χ0v) is 18.0. The van der Waals surface area contributed by atoms with E-state index in [1.165, 1.54) is 43.8 Å². The number of hydrogen-bond acceptors (Lipinski definition) is 8. The molecule has 3 rings (SSSR count). The number of ether oxygens (including phenoxy) is 2. The molecular weight excluding hydrogens is 438 g/mol. The highest BCUT2D eigenvalue weighted by molar-refractivity contribution is 7.92. The normalized spacial score (nSPS) is 10.6. The van der Waals surface area contributed by atoms with Crippen LogP contribution in [0.4, 0.5) is 5.69 Å². The van der Waals surface area contributed by atoms with Gasteiger partial charge in [-0.2, -0.15) is 10.5 Å². The number of anilines is 1. The second kappa shape index (κ2) is 8.88. The molecule has 0 spiro atoms. The average Bonchev–Trinajstić information content (AvgIpc) is 3.26. The Morgan fingerprint density at radius 2 is 1.81 bits per heavy atom. The van der Waals surface area contributed by atoms with E-state index in [9.17, 15) is 18.5 Å². The van der Waals surface area contributed by atoms with Gasteiger partial charge in [0.15, 0.2) is 0 Å². The Labute approximate surface area is 182 Å². The van der Waals surface area contributed by atoms with Crippen LogP contribution in [0.5, 0.6) is 5.75 Å². The predicted molar refractivity (Wildman–Crippen MR) is 114 cm³/mol. The molecule has 1 heterocycles. The van der Waals surface area contributed by atoms with Crippen molar-refractivity contribution in [2.24, 2.45) is 0 Å². The Morgan fingerprint density at radius 3 is 2.42 bits per heavy atom. The number of hydrogen-bond donors (Lipinski definition) is 1. The highest BCUT2D eigenvalue weighted by atomic mass is 32.2. The predicted octanol–water partition coefficient (Wildman–Crippen LogP) is 3.75. The lowest BCUT2D eigenvalue weighted by molar-refractivity contribution is 0.0600. The number of carbonyl (C=O) groups is 1. The Kier molecular flexibility index (Phi) is 6.25. The van der Waals surface area contributed by atoms with Crippen molar-refractivity contribution >= 4 is 33.0 Å². The van der Waals surface area contributed by atoms with Crippen molar-refractivity contribution in [1.29, 1.82) is 10.5 Å². The first-order valence-electron chi connectivity index (χ1n) is 8.66. The lowest BCUT2D eigenvalue weighted by Gasteiger charge is -2.15. The van der Waals surface area contributed by atoms with Crippen molar-refractivity contribution in [3.8, 4) is 28.3 Å². The molecule has 0 saturated carbocycles. The molecule has 0 radical (unpaired) electrons. The van der Waals surface area contributed by atoms with Gasteiger partial charge in [0.1, 0.15) is 21.6 Å². The maximum Gasteiger partial charge on any atom is 0.337 e. The first-order valence-corrected chi connectivity index (χ1v) is 11.0. The summed E-state index contributed by atoms with van der Waals surface area (Å²) in [7, 11) is -1.73. The summed E-state index contributed by atoms with van der Waals surface area (Å²) in [4.78, 5) is 12.7. The summed E-state index contributed by atoms with van der Waals surface area (Å²) in [6.45, 7) is 0. The molecule has 0 unspecified atom stereocenters. The highest BCUT2D eigenvalue weighted by Crippen LogP contribution is 2.36. The fraction of sp³-hybridized carbons (Fsp3) is 0.0952. The molecule has 0 fully saturated rings. The number of rotatable bonds is 6. The molecule has 0 amide bonds. The number of benzene rings is 2. The fourth-order valence-electron chi connectivity index (χ4n) is 2.79. The monoisotopic (exact) mass is 453 g/mol. The molecule has 10 heteroatoms. The van der Waals surface area contributed by atoms with E-state index in [0.29, 0.717) is 15.3 Å². The van der Waals surface area contributed by atoms with Crippen molar-refractivity contribution in [2.75, 3.05) is 18.9 Å². The third-order valence-electron chi connectivity index (χ3n) is 4.25. The Balaban J connectivity index is 2.12. The van der Waals surface area contributed by atoms with Crippen molar-refractivity contribution in [1.82, 2.24) is 0 Å². The third kappa shape index (κ3) is 4.51. The van der Waals surface area contributed by atoms with Gasteiger partial charge in [0.25, 0.3) is 10.0 Å². The number of methoxy groups -OCH3 is 2. The largest absolute Gasteiger partial charge is 0.495 e. The van der Waals surface area contributed by atoms with Crippen molar-refractivity contribution < 1.29 is 22.7 Å². The van der Waals surface area contributed by atoms with Crippen LogP contribution in [0.3, 0.4) is 0 Å². The van der Waals surface area contributed by atoms with E-state index in [1.54, 1.807) is 24.3 Å². The fourth-order valence-corrected chi connectivity index (χ4v) is 4.90. The molecule has 0 aliphatic heterocycles. The molecule has 156 valence electrons. The number of esters is 1. The molecule has 0 atom stereocenters. The Bertz CT molecular complexity index is 1350. The number of nitriles is 2. The Morgan fingerprint density at radius 1 is 1.03 bits per heavy atom. The van der Waals surface area contributed by atoms with Crippen LogP contribution < -0.4 is 9.46 Å². The van der Waals surface area contributed by atoms with Crippen molar-refractivity contribution in [2.45, 2.75) is 4.90 Å². The summed E-state index contributed by atoms with van der Waals surface area (Å²) in [5.74, 6) is -0.671. The molecular formula is C21H15N3O5S2. The molecule has 0 bridgehead atoms. The zero-order chi connectivity index (χ0) is 22.6. The average molecular weight is 454 g/mol. The maximum atomic E-state index is 13.2. The number of nitrogens with one attached hydrogen (secondary N) is 1. The SMILES string of the molecule is COC(=O)c1ccc(OC)c(S(=O)(=O)Nc2cc(C#N)ccc2-c2ccc(C#N)s2)c1.